The van der Waals surface area contributed by atoms with Crippen LogP contribution in [-0.2, 0) is 11.2 Å². The Bertz CT molecular complexity index is 694. The van der Waals surface area contributed by atoms with Crippen molar-refractivity contribution >= 4 is 11.6 Å². The molecule has 0 spiro atoms. The fourth-order valence-corrected chi connectivity index (χ4v) is 3.16. The van der Waals surface area contributed by atoms with Crippen LogP contribution in [-0.4, -0.2) is 19.1 Å². The molecular weight excluding hydrogens is 314 g/mol. The zero-order valence-electron chi connectivity index (χ0n) is 14.7. The first-order valence-corrected chi connectivity index (χ1v) is 8.93. The average Bonchev–Trinajstić information content (AvgIpc) is 3.14. The van der Waals surface area contributed by atoms with Crippen molar-refractivity contribution in [1.29, 1.82) is 0 Å². The van der Waals surface area contributed by atoms with Crippen molar-refractivity contribution in [2.45, 2.75) is 44.6 Å². The third-order valence-corrected chi connectivity index (χ3v) is 4.53. The highest BCUT2D eigenvalue weighted by atomic mass is 16.5. The number of ether oxygens (including phenoxy) is 2. The minimum absolute atomic E-state index is 0.000774. The van der Waals surface area contributed by atoms with Crippen LogP contribution in [0.5, 0.6) is 11.5 Å². The van der Waals surface area contributed by atoms with Crippen molar-refractivity contribution in [3.63, 3.8) is 0 Å². The summed E-state index contributed by atoms with van der Waals surface area (Å²) in [5, 5.41) is 2.95. The molecule has 4 heteroatoms. The first-order chi connectivity index (χ1) is 12.2. The summed E-state index contributed by atoms with van der Waals surface area (Å²) in [7, 11) is 1.63. The summed E-state index contributed by atoms with van der Waals surface area (Å²) in [5.74, 6) is 1.41. The van der Waals surface area contributed by atoms with E-state index < -0.39 is 0 Å². The molecule has 1 fully saturated rings. The molecule has 0 saturated heterocycles. The Morgan fingerprint density at radius 2 is 1.84 bits per heavy atom. The lowest BCUT2D eigenvalue weighted by Gasteiger charge is -2.17. The second-order valence-corrected chi connectivity index (χ2v) is 6.42. The van der Waals surface area contributed by atoms with Crippen molar-refractivity contribution in [2.75, 3.05) is 12.4 Å². The first-order valence-electron chi connectivity index (χ1n) is 8.93. The number of benzene rings is 2. The maximum atomic E-state index is 12.2. The highest BCUT2D eigenvalue weighted by Crippen LogP contribution is 2.33. The molecule has 0 aromatic heterocycles. The van der Waals surface area contributed by atoms with E-state index in [1.165, 1.54) is 12.8 Å². The molecule has 0 aliphatic heterocycles. The van der Waals surface area contributed by atoms with Gasteiger partial charge in [0.05, 0.1) is 13.2 Å². The second kappa shape index (κ2) is 8.56. The van der Waals surface area contributed by atoms with Gasteiger partial charge in [-0.2, -0.15) is 0 Å². The van der Waals surface area contributed by atoms with Gasteiger partial charge in [0.1, 0.15) is 0 Å². The van der Waals surface area contributed by atoms with Gasteiger partial charge in [-0.05, 0) is 49.8 Å². The van der Waals surface area contributed by atoms with Gasteiger partial charge in [0, 0.05) is 18.2 Å². The summed E-state index contributed by atoms with van der Waals surface area (Å²) < 4.78 is 11.5. The lowest BCUT2D eigenvalue weighted by atomic mass is 10.1. The number of aryl methyl sites for hydroxylation is 1. The molecule has 0 atom stereocenters. The van der Waals surface area contributed by atoms with Crippen molar-refractivity contribution in [2.24, 2.45) is 0 Å². The van der Waals surface area contributed by atoms with E-state index in [-0.39, 0.29) is 12.0 Å². The van der Waals surface area contributed by atoms with Gasteiger partial charge in [-0.3, -0.25) is 4.79 Å². The molecule has 2 aromatic rings. The zero-order chi connectivity index (χ0) is 17.5. The van der Waals surface area contributed by atoms with Crippen LogP contribution in [0.3, 0.4) is 0 Å². The zero-order valence-corrected chi connectivity index (χ0v) is 14.7. The number of hydrogen-bond acceptors (Lipinski definition) is 3. The lowest BCUT2D eigenvalue weighted by molar-refractivity contribution is -0.116. The summed E-state index contributed by atoms with van der Waals surface area (Å²) in [6.07, 6.45) is 6.01. The van der Waals surface area contributed by atoms with Gasteiger partial charge in [-0.25, -0.2) is 0 Å². The van der Waals surface area contributed by atoms with Crippen molar-refractivity contribution in [1.82, 2.24) is 0 Å². The minimum Gasteiger partial charge on any atom is -0.493 e. The first kappa shape index (κ1) is 17.3. The van der Waals surface area contributed by atoms with Gasteiger partial charge >= 0.3 is 0 Å². The molecule has 25 heavy (non-hydrogen) atoms. The van der Waals surface area contributed by atoms with Gasteiger partial charge in [-0.1, -0.05) is 30.3 Å². The average molecular weight is 339 g/mol. The predicted molar refractivity (Wildman–Crippen MR) is 99.3 cm³/mol. The van der Waals surface area contributed by atoms with Crippen LogP contribution in [0.4, 0.5) is 5.69 Å². The Balaban J connectivity index is 1.60. The molecule has 1 N–H and O–H groups in total. The van der Waals surface area contributed by atoms with E-state index in [0.29, 0.717) is 17.9 Å². The predicted octanol–water partition coefficient (Wildman–Crippen LogP) is 4.59. The molecule has 1 saturated carbocycles. The number of hydrogen-bond donors (Lipinski definition) is 1. The van der Waals surface area contributed by atoms with Crippen LogP contribution in [0.1, 0.15) is 37.7 Å². The number of carbonyl (C=O) groups is 1. The molecule has 132 valence electrons. The molecule has 1 aliphatic carbocycles. The van der Waals surface area contributed by atoms with E-state index in [0.717, 1.165) is 30.5 Å². The minimum atomic E-state index is 0.000774. The highest BCUT2D eigenvalue weighted by Gasteiger charge is 2.19. The van der Waals surface area contributed by atoms with E-state index in [2.05, 4.69) is 5.32 Å². The molecule has 1 amide bonds. The molecule has 0 radical (unpaired) electrons. The number of rotatable bonds is 7. The van der Waals surface area contributed by atoms with E-state index in [1.807, 2.05) is 48.5 Å². The fraction of sp³-hybridized carbons (Fsp3) is 0.381. The van der Waals surface area contributed by atoms with E-state index in [1.54, 1.807) is 7.11 Å². The Morgan fingerprint density at radius 1 is 1.08 bits per heavy atom. The molecule has 0 heterocycles. The maximum absolute atomic E-state index is 12.2. The van der Waals surface area contributed by atoms with Crippen LogP contribution < -0.4 is 14.8 Å². The topological polar surface area (TPSA) is 47.6 Å². The third-order valence-electron chi connectivity index (χ3n) is 4.53. The van der Waals surface area contributed by atoms with Gasteiger partial charge in [0.25, 0.3) is 0 Å². The van der Waals surface area contributed by atoms with Gasteiger partial charge < -0.3 is 14.8 Å². The number of anilines is 1. The number of carbonyl (C=O) groups excluding carboxylic acids is 1. The summed E-state index contributed by atoms with van der Waals surface area (Å²) in [5.41, 5.74) is 1.91. The molecule has 0 unspecified atom stereocenters. The molecule has 4 nitrogen and oxygen atoms in total. The van der Waals surface area contributed by atoms with Crippen molar-refractivity contribution in [3.8, 4) is 11.5 Å². The molecule has 0 bridgehead atoms. The van der Waals surface area contributed by atoms with Crippen LogP contribution in [0.15, 0.2) is 48.5 Å². The molecule has 1 aliphatic rings. The van der Waals surface area contributed by atoms with Crippen LogP contribution in [0.25, 0.3) is 0 Å². The summed E-state index contributed by atoms with van der Waals surface area (Å²) in [4.78, 5) is 12.2. The monoisotopic (exact) mass is 339 g/mol. The number of nitrogens with one attached hydrogen (secondary N) is 1. The van der Waals surface area contributed by atoms with E-state index in [4.69, 9.17) is 9.47 Å². The van der Waals surface area contributed by atoms with Crippen molar-refractivity contribution in [3.05, 3.63) is 54.1 Å². The lowest BCUT2D eigenvalue weighted by Crippen LogP contribution is -2.14. The Kier molecular flexibility index (Phi) is 5.94. The van der Waals surface area contributed by atoms with Crippen LogP contribution in [0.2, 0.25) is 0 Å². The van der Waals surface area contributed by atoms with Crippen molar-refractivity contribution < 1.29 is 14.3 Å². The third kappa shape index (κ3) is 4.99. The summed E-state index contributed by atoms with van der Waals surface area (Å²) in [6, 6.07) is 15.6. The number of amides is 1. The second-order valence-electron chi connectivity index (χ2n) is 6.42. The quantitative estimate of drug-likeness (QED) is 0.803. The normalized spacial score (nSPS) is 14.3. The summed E-state index contributed by atoms with van der Waals surface area (Å²) >= 11 is 0. The summed E-state index contributed by atoms with van der Waals surface area (Å²) in [6.45, 7) is 0. The van der Waals surface area contributed by atoms with E-state index >= 15 is 0 Å². The molecule has 2 aromatic carbocycles. The smallest absolute Gasteiger partial charge is 0.224 e. The Hall–Kier alpha value is -2.49. The highest BCUT2D eigenvalue weighted by molar-refractivity contribution is 5.91. The number of methoxy groups -OCH3 is 1. The van der Waals surface area contributed by atoms with Crippen LogP contribution >= 0.6 is 0 Å². The van der Waals surface area contributed by atoms with E-state index in [9.17, 15) is 4.79 Å². The van der Waals surface area contributed by atoms with Crippen LogP contribution in [0, 0.1) is 0 Å². The standard InChI is InChI=1S/C21H25NO3/c1-24-19-13-12-17(15-20(19)25-18-9-5-6-10-18)22-21(23)14-11-16-7-3-2-4-8-16/h2-4,7-8,12-13,15,18H,5-6,9-11,14H2,1H3,(H,22,23). The maximum Gasteiger partial charge on any atom is 0.224 e. The SMILES string of the molecule is COc1ccc(NC(=O)CCc2ccccc2)cc1OC1CCCC1. The molecule has 3 rings (SSSR count). The Morgan fingerprint density at radius 3 is 2.56 bits per heavy atom. The Labute approximate surface area is 149 Å². The molecular formula is C21H25NO3. The fourth-order valence-electron chi connectivity index (χ4n) is 3.16. The van der Waals surface area contributed by atoms with Gasteiger partial charge in [0.15, 0.2) is 11.5 Å². The van der Waals surface area contributed by atoms with Gasteiger partial charge in [-0.15, -0.1) is 0 Å². The van der Waals surface area contributed by atoms with Gasteiger partial charge in [0.2, 0.25) is 5.91 Å². The largest absolute Gasteiger partial charge is 0.493 e.